The topological polar surface area (TPSA) is 61.6 Å². The summed E-state index contributed by atoms with van der Waals surface area (Å²) < 4.78 is 0. The Kier molecular flexibility index (Phi) is 5.57. The molecule has 106 valence electrons. The van der Waals surface area contributed by atoms with Gasteiger partial charge in [-0.15, -0.1) is 0 Å². The molecule has 0 unspecified atom stereocenters. The third-order valence-electron chi connectivity index (χ3n) is 2.98. The zero-order valence-corrected chi connectivity index (χ0v) is 12.0. The lowest BCUT2D eigenvalue weighted by atomic mass is 10.2. The molecule has 0 heterocycles. The molecule has 0 atom stereocenters. The highest BCUT2D eigenvalue weighted by atomic mass is 16.6. The van der Waals surface area contributed by atoms with E-state index in [0.717, 1.165) is 19.5 Å². The van der Waals surface area contributed by atoms with Crippen molar-refractivity contribution in [1.82, 2.24) is 4.90 Å². The van der Waals surface area contributed by atoms with Crippen molar-refractivity contribution in [2.24, 2.45) is 0 Å². The number of hydrogen-bond donors (Lipinski definition) is 1. The Labute approximate surface area is 114 Å². The standard InChI is InChI=1S/C13H22N4O2/c1-14-11-7-5-8-12(13(11)17(18)19)16(4)10-6-9-15(2)3/h5,7-8,14H,6,9-10H2,1-4H3. The molecule has 0 saturated heterocycles. The third kappa shape index (κ3) is 4.10. The summed E-state index contributed by atoms with van der Waals surface area (Å²) in [4.78, 5) is 14.9. The smallest absolute Gasteiger partial charge is 0.315 e. The molecule has 6 heteroatoms. The number of nitrogens with zero attached hydrogens (tertiary/aromatic N) is 3. The van der Waals surface area contributed by atoms with Crippen molar-refractivity contribution in [3.05, 3.63) is 28.3 Å². The van der Waals surface area contributed by atoms with E-state index < -0.39 is 0 Å². The average Bonchev–Trinajstić information content (AvgIpc) is 2.36. The van der Waals surface area contributed by atoms with Gasteiger partial charge in [-0.3, -0.25) is 10.1 Å². The lowest BCUT2D eigenvalue weighted by Crippen LogP contribution is -2.24. The number of hydrogen-bond acceptors (Lipinski definition) is 5. The van der Waals surface area contributed by atoms with E-state index in [4.69, 9.17) is 0 Å². The lowest BCUT2D eigenvalue weighted by Gasteiger charge is -2.21. The van der Waals surface area contributed by atoms with Crippen LogP contribution in [0.2, 0.25) is 0 Å². The fraction of sp³-hybridized carbons (Fsp3) is 0.538. The van der Waals surface area contributed by atoms with Crippen molar-refractivity contribution in [1.29, 1.82) is 0 Å². The predicted octanol–water partition coefficient (Wildman–Crippen LogP) is 2.02. The quantitative estimate of drug-likeness (QED) is 0.604. The Morgan fingerprint density at radius 3 is 2.47 bits per heavy atom. The number of benzene rings is 1. The van der Waals surface area contributed by atoms with E-state index in [9.17, 15) is 10.1 Å². The maximum absolute atomic E-state index is 11.2. The van der Waals surface area contributed by atoms with E-state index in [0.29, 0.717) is 11.4 Å². The maximum atomic E-state index is 11.2. The van der Waals surface area contributed by atoms with E-state index in [1.165, 1.54) is 0 Å². The SMILES string of the molecule is CNc1cccc(N(C)CCCN(C)C)c1[N+](=O)[O-]. The van der Waals surface area contributed by atoms with Crippen molar-refractivity contribution >= 4 is 17.1 Å². The monoisotopic (exact) mass is 266 g/mol. The molecule has 0 amide bonds. The molecule has 19 heavy (non-hydrogen) atoms. The first kappa shape index (κ1) is 15.2. The third-order valence-corrected chi connectivity index (χ3v) is 2.98. The Balaban J connectivity index is 2.89. The van der Waals surface area contributed by atoms with Gasteiger partial charge in [0.15, 0.2) is 0 Å². The molecule has 1 N–H and O–H groups in total. The van der Waals surface area contributed by atoms with Crippen LogP contribution in [0.3, 0.4) is 0 Å². The summed E-state index contributed by atoms with van der Waals surface area (Å²) in [6.07, 6.45) is 0.963. The summed E-state index contributed by atoms with van der Waals surface area (Å²) in [5, 5.41) is 14.1. The van der Waals surface area contributed by atoms with Gasteiger partial charge in [-0.05, 0) is 39.2 Å². The number of nitro groups is 1. The van der Waals surface area contributed by atoms with Gasteiger partial charge in [0.25, 0.3) is 0 Å². The normalized spacial score (nSPS) is 10.6. The minimum absolute atomic E-state index is 0.136. The van der Waals surface area contributed by atoms with Crippen molar-refractivity contribution in [2.75, 3.05) is 51.5 Å². The van der Waals surface area contributed by atoms with Crippen LogP contribution in [0, 0.1) is 10.1 Å². The van der Waals surface area contributed by atoms with Gasteiger partial charge in [-0.25, -0.2) is 0 Å². The van der Waals surface area contributed by atoms with Crippen molar-refractivity contribution in [3.63, 3.8) is 0 Å². The average molecular weight is 266 g/mol. The zero-order valence-electron chi connectivity index (χ0n) is 12.0. The number of nitro benzene ring substituents is 1. The first-order valence-corrected chi connectivity index (χ1v) is 6.28. The molecule has 6 nitrogen and oxygen atoms in total. The molecule has 1 aromatic carbocycles. The predicted molar refractivity (Wildman–Crippen MR) is 79.1 cm³/mol. The van der Waals surface area contributed by atoms with E-state index >= 15 is 0 Å². The molecular formula is C13H22N4O2. The Hall–Kier alpha value is -1.82. The van der Waals surface area contributed by atoms with Crippen LogP contribution < -0.4 is 10.2 Å². The van der Waals surface area contributed by atoms with Crippen LogP contribution in [0.25, 0.3) is 0 Å². The van der Waals surface area contributed by atoms with Crippen molar-refractivity contribution in [2.45, 2.75) is 6.42 Å². The Bertz CT molecular complexity index is 435. The van der Waals surface area contributed by atoms with Gasteiger partial charge in [0.1, 0.15) is 11.4 Å². The molecule has 0 fully saturated rings. The van der Waals surface area contributed by atoms with Gasteiger partial charge in [0.2, 0.25) is 0 Å². The highest BCUT2D eigenvalue weighted by Gasteiger charge is 2.21. The second-order valence-electron chi connectivity index (χ2n) is 4.76. The van der Waals surface area contributed by atoms with Crippen LogP contribution in [0.15, 0.2) is 18.2 Å². The summed E-state index contributed by atoms with van der Waals surface area (Å²) in [5.74, 6) is 0. The number of nitrogens with one attached hydrogen (secondary N) is 1. The summed E-state index contributed by atoms with van der Waals surface area (Å²) >= 11 is 0. The van der Waals surface area contributed by atoms with Gasteiger partial charge in [0, 0.05) is 20.6 Å². The molecule has 0 aromatic heterocycles. The molecular weight excluding hydrogens is 244 g/mol. The van der Waals surface area contributed by atoms with Gasteiger partial charge in [-0.2, -0.15) is 0 Å². The summed E-state index contributed by atoms with van der Waals surface area (Å²) in [7, 11) is 7.61. The second kappa shape index (κ2) is 6.94. The van der Waals surface area contributed by atoms with Gasteiger partial charge in [-0.1, -0.05) is 6.07 Å². The summed E-state index contributed by atoms with van der Waals surface area (Å²) in [6.45, 7) is 1.75. The number of rotatable bonds is 7. The number of para-hydroxylation sites is 1. The van der Waals surface area contributed by atoms with Crippen molar-refractivity contribution in [3.8, 4) is 0 Å². The first-order valence-electron chi connectivity index (χ1n) is 6.28. The second-order valence-corrected chi connectivity index (χ2v) is 4.76. The fourth-order valence-electron chi connectivity index (χ4n) is 1.98. The van der Waals surface area contributed by atoms with Crippen LogP contribution >= 0.6 is 0 Å². The fourth-order valence-corrected chi connectivity index (χ4v) is 1.98. The van der Waals surface area contributed by atoms with Crippen LogP contribution in [-0.2, 0) is 0 Å². The molecule has 0 aliphatic heterocycles. The molecule has 0 aliphatic carbocycles. The summed E-state index contributed by atoms with van der Waals surface area (Å²) in [6, 6.07) is 5.33. The maximum Gasteiger partial charge on any atom is 0.315 e. The number of anilines is 2. The Morgan fingerprint density at radius 1 is 1.26 bits per heavy atom. The summed E-state index contributed by atoms with van der Waals surface area (Å²) in [5.41, 5.74) is 1.33. The van der Waals surface area contributed by atoms with E-state index in [-0.39, 0.29) is 10.6 Å². The first-order chi connectivity index (χ1) is 8.97. The highest BCUT2D eigenvalue weighted by Crippen LogP contribution is 2.34. The van der Waals surface area contributed by atoms with Crippen LogP contribution in [0.1, 0.15) is 6.42 Å². The lowest BCUT2D eigenvalue weighted by molar-refractivity contribution is -0.383. The largest absolute Gasteiger partial charge is 0.382 e. The molecule has 0 radical (unpaired) electrons. The van der Waals surface area contributed by atoms with Gasteiger partial charge >= 0.3 is 5.69 Å². The molecule has 0 bridgehead atoms. The van der Waals surface area contributed by atoms with E-state index in [2.05, 4.69) is 10.2 Å². The van der Waals surface area contributed by atoms with Crippen LogP contribution in [0.5, 0.6) is 0 Å². The molecule has 1 aromatic rings. The van der Waals surface area contributed by atoms with E-state index in [1.807, 2.05) is 32.1 Å². The highest BCUT2D eigenvalue weighted by molar-refractivity contribution is 5.76. The molecule has 0 saturated carbocycles. The minimum Gasteiger partial charge on any atom is -0.382 e. The molecule has 0 spiro atoms. The zero-order chi connectivity index (χ0) is 14.4. The van der Waals surface area contributed by atoms with E-state index in [1.54, 1.807) is 19.2 Å². The minimum atomic E-state index is -0.330. The van der Waals surface area contributed by atoms with Crippen LogP contribution in [-0.4, -0.2) is 51.1 Å². The van der Waals surface area contributed by atoms with Gasteiger partial charge in [0.05, 0.1) is 4.92 Å². The molecule has 1 rings (SSSR count). The van der Waals surface area contributed by atoms with Crippen LogP contribution in [0.4, 0.5) is 17.1 Å². The molecule has 0 aliphatic rings. The van der Waals surface area contributed by atoms with Crippen molar-refractivity contribution < 1.29 is 4.92 Å². The Morgan fingerprint density at radius 2 is 1.95 bits per heavy atom. The van der Waals surface area contributed by atoms with Gasteiger partial charge < -0.3 is 15.1 Å².